The zero-order valence-electron chi connectivity index (χ0n) is 20.5. The third-order valence-electron chi connectivity index (χ3n) is 7.40. The summed E-state index contributed by atoms with van der Waals surface area (Å²) >= 11 is 0. The highest BCUT2D eigenvalue weighted by molar-refractivity contribution is 5.45. The molecule has 0 amide bonds. The molecule has 11 nitrogen and oxygen atoms in total. The van der Waals surface area contributed by atoms with Crippen molar-refractivity contribution < 1.29 is 54.0 Å². The van der Waals surface area contributed by atoms with Crippen molar-refractivity contribution in [3.63, 3.8) is 0 Å². The molecule has 0 unspecified atom stereocenters. The predicted octanol–water partition coefficient (Wildman–Crippen LogP) is 0.663. The number of aliphatic hydroxyl groups is 4. The molecule has 11 heteroatoms. The van der Waals surface area contributed by atoms with E-state index in [1.807, 2.05) is 12.1 Å². The molecule has 0 saturated carbocycles. The Balaban J connectivity index is 1.32. The summed E-state index contributed by atoms with van der Waals surface area (Å²) in [5, 5.41) is 49.7. The first-order chi connectivity index (χ1) is 17.9. The number of rotatable bonds is 7. The highest BCUT2D eigenvalue weighted by atomic mass is 16.7. The fourth-order valence-corrected chi connectivity index (χ4v) is 5.35. The number of benzene rings is 2. The summed E-state index contributed by atoms with van der Waals surface area (Å²) in [6.07, 6.45) is -7.41. The summed E-state index contributed by atoms with van der Waals surface area (Å²) in [5.41, 5.74) is 1.77. The maximum absolute atomic E-state index is 10.3. The van der Waals surface area contributed by atoms with Gasteiger partial charge in [-0.2, -0.15) is 0 Å². The molecule has 5 N–H and O–H groups in total. The lowest BCUT2D eigenvalue weighted by molar-refractivity contribution is -0.277. The molecule has 3 fully saturated rings. The molecule has 5 rings (SSSR count). The zero-order chi connectivity index (χ0) is 26.3. The van der Waals surface area contributed by atoms with Crippen molar-refractivity contribution in [2.24, 2.45) is 11.8 Å². The van der Waals surface area contributed by atoms with E-state index >= 15 is 0 Å². The Hall–Kier alpha value is -2.64. The van der Waals surface area contributed by atoms with Crippen molar-refractivity contribution in [3.8, 4) is 23.0 Å². The average Bonchev–Trinajstić information content (AvgIpc) is 3.52. The van der Waals surface area contributed by atoms with Crippen molar-refractivity contribution in [1.82, 2.24) is 0 Å². The van der Waals surface area contributed by atoms with Gasteiger partial charge < -0.3 is 54.0 Å². The van der Waals surface area contributed by atoms with Gasteiger partial charge in [0.25, 0.3) is 0 Å². The van der Waals surface area contributed by atoms with E-state index < -0.39 is 37.3 Å². The quantitative estimate of drug-likeness (QED) is 0.349. The summed E-state index contributed by atoms with van der Waals surface area (Å²) in [5.74, 6) is 1.27. The Kier molecular flexibility index (Phi) is 7.46. The second-order valence-corrected chi connectivity index (χ2v) is 9.49. The molecule has 0 aromatic heterocycles. The molecule has 3 aliphatic rings. The molecular weight excluding hydrogens is 488 g/mol. The summed E-state index contributed by atoms with van der Waals surface area (Å²) in [7, 11) is 2.98. The van der Waals surface area contributed by atoms with Crippen LogP contribution in [0.2, 0.25) is 0 Å². The number of fused-ring (bicyclic) bond motifs is 1. The topological polar surface area (TPSA) is 157 Å². The minimum atomic E-state index is -1.55. The van der Waals surface area contributed by atoms with Gasteiger partial charge in [0, 0.05) is 11.8 Å². The summed E-state index contributed by atoms with van der Waals surface area (Å²) in [6.45, 7) is 0.436. The number of methoxy groups -OCH3 is 2. The van der Waals surface area contributed by atoms with Crippen molar-refractivity contribution in [2.45, 2.75) is 42.9 Å². The third-order valence-corrected chi connectivity index (χ3v) is 7.40. The van der Waals surface area contributed by atoms with Gasteiger partial charge in [-0.05, 0) is 35.4 Å². The van der Waals surface area contributed by atoms with E-state index in [1.165, 1.54) is 14.2 Å². The lowest BCUT2D eigenvalue weighted by Crippen LogP contribution is -2.60. The SMILES string of the molecule is COc1cc([C@@H]2OC[C@H]3[C@@H]2CO[C@@H]3c2ccc(O[C@H]3O[C@H](CO)[C@@H](O)[C@H](O)[C@H]3O)c(OC)c2)ccc1O. The summed E-state index contributed by atoms with van der Waals surface area (Å²) in [6, 6.07) is 10.5. The monoisotopic (exact) mass is 520 g/mol. The van der Waals surface area contributed by atoms with Gasteiger partial charge in [-0.1, -0.05) is 12.1 Å². The number of phenolic OH excluding ortho intramolecular Hbond substituents is 1. The number of aromatic hydroxyl groups is 1. The number of hydrogen-bond acceptors (Lipinski definition) is 11. The van der Waals surface area contributed by atoms with Crippen LogP contribution in [0.4, 0.5) is 0 Å². The lowest BCUT2D eigenvalue weighted by Gasteiger charge is -2.39. The van der Waals surface area contributed by atoms with Gasteiger partial charge in [-0.3, -0.25) is 0 Å². The van der Waals surface area contributed by atoms with Crippen LogP contribution in [-0.2, 0) is 14.2 Å². The molecule has 2 aromatic rings. The van der Waals surface area contributed by atoms with E-state index in [0.29, 0.717) is 24.7 Å². The number of ether oxygens (including phenoxy) is 6. The van der Waals surface area contributed by atoms with Crippen LogP contribution in [-0.4, -0.2) is 90.3 Å². The molecule has 0 radical (unpaired) electrons. The van der Waals surface area contributed by atoms with Crippen LogP contribution < -0.4 is 14.2 Å². The molecule has 0 spiro atoms. The van der Waals surface area contributed by atoms with Crippen LogP contribution in [0.5, 0.6) is 23.0 Å². The van der Waals surface area contributed by atoms with Crippen molar-refractivity contribution in [1.29, 1.82) is 0 Å². The first kappa shape index (κ1) is 26.0. The highest BCUT2D eigenvalue weighted by Crippen LogP contribution is 2.51. The fourth-order valence-electron chi connectivity index (χ4n) is 5.35. The van der Waals surface area contributed by atoms with E-state index in [1.54, 1.807) is 24.3 Å². The first-order valence-corrected chi connectivity index (χ1v) is 12.1. The van der Waals surface area contributed by atoms with Crippen molar-refractivity contribution in [3.05, 3.63) is 47.5 Å². The van der Waals surface area contributed by atoms with Gasteiger partial charge in [0.2, 0.25) is 6.29 Å². The molecule has 3 heterocycles. The van der Waals surface area contributed by atoms with Crippen LogP contribution in [0.25, 0.3) is 0 Å². The van der Waals surface area contributed by atoms with Crippen LogP contribution in [0, 0.1) is 11.8 Å². The molecule has 37 heavy (non-hydrogen) atoms. The molecular formula is C26H32O11. The molecule has 3 aliphatic heterocycles. The largest absolute Gasteiger partial charge is 0.504 e. The van der Waals surface area contributed by atoms with Crippen LogP contribution in [0.3, 0.4) is 0 Å². The standard InChI is InChI=1S/C26H32O11/c1-32-18-7-12(3-5-16(18)28)24-14-10-35-25(15(14)11-34-24)13-4-6-17(19(8-13)33-2)36-26-23(31)22(30)21(29)20(9-27)37-26/h3-8,14-15,20-31H,9-11H2,1-2H3/t14-,15-,20+,21+,22-,23+,24-,25+,26-/m0/s1. The molecule has 0 bridgehead atoms. The minimum absolute atomic E-state index is 0.0689. The highest BCUT2D eigenvalue weighted by Gasteiger charge is 2.49. The second-order valence-electron chi connectivity index (χ2n) is 9.49. The van der Waals surface area contributed by atoms with Gasteiger partial charge in [-0.25, -0.2) is 0 Å². The Morgan fingerprint density at radius 1 is 0.784 bits per heavy atom. The van der Waals surface area contributed by atoms with E-state index in [4.69, 9.17) is 28.4 Å². The van der Waals surface area contributed by atoms with Crippen LogP contribution in [0.15, 0.2) is 36.4 Å². The average molecular weight is 521 g/mol. The normalized spacial score (nSPS) is 35.2. The van der Waals surface area contributed by atoms with Gasteiger partial charge in [0.15, 0.2) is 23.0 Å². The Bertz CT molecular complexity index is 1090. The first-order valence-electron chi connectivity index (χ1n) is 12.1. The van der Waals surface area contributed by atoms with Gasteiger partial charge in [0.1, 0.15) is 24.4 Å². The molecule has 3 saturated heterocycles. The number of aliphatic hydroxyl groups excluding tert-OH is 4. The predicted molar refractivity (Wildman–Crippen MR) is 126 cm³/mol. The minimum Gasteiger partial charge on any atom is -0.504 e. The second kappa shape index (κ2) is 10.6. The fraction of sp³-hybridized carbons (Fsp3) is 0.538. The maximum Gasteiger partial charge on any atom is 0.229 e. The van der Waals surface area contributed by atoms with E-state index in [9.17, 15) is 25.5 Å². The molecule has 0 aliphatic carbocycles. The summed E-state index contributed by atoms with van der Waals surface area (Å²) in [4.78, 5) is 0. The molecule has 2 aromatic carbocycles. The third kappa shape index (κ3) is 4.72. The van der Waals surface area contributed by atoms with Crippen LogP contribution in [0.1, 0.15) is 23.3 Å². The molecule has 202 valence electrons. The zero-order valence-corrected chi connectivity index (χ0v) is 20.5. The van der Waals surface area contributed by atoms with Gasteiger partial charge >= 0.3 is 0 Å². The molecule has 9 atom stereocenters. The summed E-state index contributed by atoms with van der Waals surface area (Å²) < 4.78 is 34.3. The number of phenols is 1. The maximum atomic E-state index is 10.3. The smallest absolute Gasteiger partial charge is 0.229 e. The van der Waals surface area contributed by atoms with Gasteiger partial charge in [0.05, 0.1) is 46.2 Å². The van der Waals surface area contributed by atoms with Crippen LogP contribution >= 0.6 is 0 Å². The van der Waals surface area contributed by atoms with E-state index in [0.717, 1.165) is 11.1 Å². The van der Waals surface area contributed by atoms with Gasteiger partial charge in [-0.15, -0.1) is 0 Å². The van der Waals surface area contributed by atoms with E-state index in [-0.39, 0.29) is 35.5 Å². The Morgan fingerprint density at radius 3 is 1.97 bits per heavy atom. The van der Waals surface area contributed by atoms with Crippen molar-refractivity contribution >= 4 is 0 Å². The van der Waals surface area contributed by atoms with Crippen molar-refractivity contribution in [2.75, 3.05) is 34.0 Å². The Labute approximate surface area is 213 Å². The lowest BCUT2D eigenvalue weighted by atomic mass is 9.85. The Morgan fingerprint density at radius 2 is 1.38 bits per heavy atom. The number of hydrogen-bond donors (Lipinski definition) is 5. The van der Waals surface area contributed by atoms with E-state index in [2.05, 4.69) is 0 Å².